The molecule has 0 atom stereocenters. The van der Waals surface area contributed by atoms with Gasteiger partial charge in [-0.25, -0.2) is 5.10 Å². The lowest BCUT2D eigenvalue weighted by Crippen LogP contribution is -2.47. The van der Waals surface area contributed by atoms with E-state index in [-0.39, 0.29) is 0 Å². The third-order valence-corrected chi connectivity index (χ3v) is 6.44. The number of tetrazole rings is 1. The summed E-state index contributed by atoms with van der Waals surface area (Å²) in [5.41, 5.74) is 4.70. The number of ether oxygens (including phenoxy) is 1. The van der Waals surface area contributed by atoms with Crippen LogP contribution in [0.3, 0.4) is 0 Å². The number of aromatic amines is 1. The van der Waals surface area contributed by atoms with Gasteiger partial charge in [-0.3, -0.25) is 9.80 Å². The summed E-state index contributed by atoms with van der Waals surface area (Å²) in [7, 11) is 0. The smallest absolute Gasteiger partial charge is 0.183 e. The van der Waals surface area contributed by atoms with Crippen LogP contribution in [0.2, 0.25) is 5.02 Å². The highest BCUT2D eigenvalue weighted by Gasteiger charge is 2.18. The van der Waals surface area contributed by atoms with E-state index in [4.69, 9.17) is 16.3 Å². The predicted molar refractivity (Wildman–Crippen MR) is 134 cm³/mol. The fourth-order valence-corrected chi connectivity index (χ4v) is 4.45. The minimum Gasteiger partial charge on any atom is -0.491 e. The first-order chi connectivity index (χ1) is 16.8. The van der Waals surface area contributed by atoms with E-state index < -0.39 is 0 Å². The van der Waals surface area contributed by atoms with Crippen molar-refractivity contribution in [3.05, 3.63) is 83.4 Å². The SMILES string of the molecule is Clc1ccc(-c2ccccc2CN2CCN(CCOc3ccccc3-c3nnn[nH]3)CC2)cc1. The van der Waals surface area contributed by atoms with E-state index >= 15 is 0 Å². The van der Waals surface area contributed by atoms with Gasteiger partial charge in [0.2, 0.25) is 0 Å². The van der Waals surface area contributed by atoms with Crippen molar-refractivity contribution in [2.24, 2.45) is 0 Å². The van der Waals surface area contributed by atoms with Gasteiger partial charge in [0.25, 0.3) is 0 Å². The number of benzene rings is 3. The van der Waals surface area contributed by atoms with Crippen molar-refractivity contribution in [2.45, 2.75) is 6.54 Å². The van der Waals surface area contributed by atoms with Crippen LogP contribution in [0.25, 0.3) is 22.5 Å². The first-order valence-electron chi connectivity index (χ1n) is 11.5. The zero-order chi connectivity index (χ0) is 23.2. The first-order valence-corrected chi connectivity index (χ1v) is 11.9. The number of hydrogen-bond donors (Lipinski definition) is 1. The molecule has 1 fully saturated rings. The Hall–Kier alpha value is -3.26. The summed E-state index contributed by atoms with van der Waals surface area (Å²) in [5, 5.41) is 14.9. The quantitative estimate of drug-likeness (QED) is 0.408. The highest BCUT2D eigenvalue weighted by atomic mass is 35.5. The molecule has 1 aliphatic rings. The van der Waals surface area contributed by atoms with Crippen LogP contribution in [0.5, 0.6) is 5.75 Å². The van der Waals surface area contributed by atoms with E-state index in [1.165, 1.54) is 16.7 Å². The predicted octanol–water partition coefficient (Wildman–Crippen LogP) is 4.38. The van der Waals surface area contributed by atoms with Gasteiger partial charge in [0.1, 0.15) is 12.4 Å². The summed E-state index contributed by atoms with van der Waals surface area (Å²) in [4.78, 5) is 4.98. The molecule has 4 aromatic rings. The average molecular weight is 475 g/mol. The lowest BCUT2D eigenvalue weighted by atomic mass is 9.99. The van der Waals surface area contributed by atoms with Crippen molar-refractivity contribution in [1.82, 2.24) is 30.4 Å². The van der Waals surface area contributed by atoms with Gasteiger partial charge < -0.3 is 4.74 Å². The van der Waals surface area contributed by atoms with Gasteiger partial charge in [-0.15, -0.1) is 5.10 Å². The van der Waals surface area contributed by atoms with Gasteiger partial charge in [0.15, 0.2) is 5.82 Å². The van der Waals surface area contributed by atoms with Crippen LogP contribution in [0.4, 0.5) is 0 Å². The zero-order valence-electron chi connectivity index (χ0n) is 18.9. The normalized spacial score (nSPS) is 14.9. The highest BCUT2D eigenvalue weighted by molar-refractivity contribution is 6.30. The number of rotatable bonds is 8. The number of para-hydroxylation sites is 1. The molecule has 0 saturated carbocycles. The van der Waals surface area contributed by atoms with Gasteiger partial charge in [0.05, 0.1) is 5.56 Å². The molecule has 0 aliphatic carbocycles. The molecule has 7 nitrogen and oxygen atoms in total. The lowest BCUT2D eigenvalue weighted by molar-refractivity contribution is 0.113. The van der Waals surface area contributed by atoms with Crippen molar-refractivity contribution in [3.63, 3.8) is 0 Å². The molecule has 5 rings (SSSR count). The molecule has 1 aromatic heterocycles. The Morgan fingerprint density at radius 3 is 2.29 bits per heavy atom. The second-order valence-electron chi connectivity index (χ2n) is 8.38. The maximum absolute atomic E-state index is 6.08. The molecule has 0 bridgehead atoms. The molecular formula is C26H27ClN6O. The number of aromatic nitrogens is 4. The molecule has 0 unspecified atom stereocenters. The van der Waals surface area contributed by atoms with E-state index in [1.807, 2.05) is 36.4 Å². The van der Waals surface area contributed by atoms with Crippen molar-refractivity contribution < 1.29 is 4.74 Å². The summed E-state index contributed by atoms with van der Waals surface area (Å²) in [6.45, 7) is 6.59. The largest absolute Gasteiger partial charge is 0.491 e. The molecule has 0 amide bonds. The molecule has 3 aromatic carbocycles. The second kappa shape index (κ2) is 10.8. The third kappa shape index (κ3) is 5.44. The van der Waals surface area contributed by atoms with Gasteiger partial charge >= 0.3 is 0 Å². The van der Waals surface area contributed by atoms with Crippen molar-refractivity contribution in [2.75, 3.05) is 39.3 Å². The topological polar surface area (TPSA) is 70.2 Å². The number of nitrogens with one attached hydrogen (secondary N) is 1. The Morgan fingerprint density at radius 2 is 1.53 bits per heavy atom. The standard InChI is InChI=1S/C26H27ClN6O/c27-22-11-9-20(10-12-22)23-6-2-1-5-21(23)19-33-15-13-32(14-16-33)17-18-34-25-8-4-3-7-24(25)26-28-30-31-29-26/h1-12H,13-19H2,(H,28,29,30,31). The summed E-state index contributed by atoms with van der Waals surface area (Å²) in [6, 6.07) is 24.6. The van der Waals surface area contributed by atoms with Crippen LogP contribution in [-0.2, 0) is 6.54 Å². The second-order valence-corrected chi connectivity index (χ2v) is 8.81. The van der Waals surface area contributed by atoms with Crippen molar-refractivity contribution >= 4 is 11.6 Å². The minimum absolute atomic E-state index is 0.614. The molecule has 1 saturated heterocycles. The maximum atomic E-state index is 6.08. The Balaban J connectivity index is 1.13. The average Bonchev–Trinajstić information content (AvgIpc) is 3.41. The Kier molecular flexibility index (Phi) is 7.14. The molecule has 2 heterocycles. The number of piperazine rings is 1. The van der Waals surface area contributed by atoms with Gasteiger partial charge in [-0.05, 0) is 51.4 Å². The Labute approximate surface area is 204 Å². The summed E-state index contributed by atoms with van der Waals surface area (Å²) < 4.78 is 6.08. The fraction of sp³-hybridized carbons (Fsp3) is 0.269. The molecule has 0 radical (unpaired) electrons. The number of hydrogen-bond acceptors (Lipinski definition) is 6. The van der Waals surface area contributed by atoms with E-state index in [1.54, 1.807) is 0 Å². The van der Waals surface area contributed by atoms with Crippen LogP contribution in [0.15, 0.2) is 72.8 Å². The van der Waals surface area contributed by atoms with Gasteiger partial charge in [0, 0.05) is 44.3 Å². The number of nitrogens with zero attached hydrogens (tertiary/aromatic N) is 5. The first kappa shape index (κ1) is 22.5. The molecule has 34 heavy (non-hydrogen) atoms. The lowest BCUT2D eigenvalue weighted by Gasteiger charge is -2.35. The van der Waals surface area contributed by atoms with E-state index in [0.717, 1.165) is 55.6 Å². The van der Waals surface area contributed by atoms with Crippen molar-refractivity contribution in [3.8, 4) is 28.3 Å². The number of halogens is 1. The van der Waals surface area contributed by atoms with Crippen LogP contribution in [0.1, 0.15) is 5.56 Å². The molecule has 1 N–H and O–H groups in total. The van der Waals surface area contributed by atoms with E-state index in [2.05, 4.69) is 66.8 Å². The fourth-order valence-electron chi connectivity index (χ4n) is 4.33. The van der Waals surface area contributed by atoms with Gasteiger partial charge in [-0.2, -0.15) is 0 Å². The number of H-pyrrole nitrogens is 1. The molecule has 174 valence electrons. The third-order valence-electron chi connectivity index (χ3n) is 6.18. The van der Waals surface area contributed by atoms with Crippen LogP contribution < -0.4 is 4.74 Å². The van der Waals surface area contributed by atoms with E-state index in [9.17, 15) is 0 Å². The summed E-state index contributed by atoms with van der Waals surface area (Å²) in [5.74, 6) is 1.40. The molecule has 8 heteroatoms. The van der Waals surface area contributed by atoms with Crippen molar-refractivity contribution in [1.29, 1.82) is 0 Å². The Bertz CT molecular complexity index is 1190. The Morgan fingerprint density at radius 1 is 0.824 bits per heavy atom. The molecular weight excluding hydrogens is 448 g/mol. The summed E-state index contributed by atoms with van der Waals surface area (Å²) in [6.07, 6.45) is 0. The van der Waals surface area contributed by atoms with Crippen LogP contribution >= 0.6 is 11.6 Å². The summed E-state index contributed by atoms with van der Waals surface area (Å²) >= 11 is 6.08. The highest BCUT2D eigenvalue weighted by Crippen LogP contribution is 2.27. The molecule has 0 spiro atoms. The van der Waals surface area contributed by atoms with Crippen LogP contribution in [-0.4, -0.2) is 69.8 Å². The molecule has 1 aliphatic heterocycles. The maximum Gasteiger partial charge on any atom is 0.183 e. The van der Waals surface area contributed by atoms with Crippen LogP contribution in [0, 0.1) is 0 Å². The minimum atomic E-state index is 0.614. The zero-order valence-corrected chi connectivity index (χ0v) is 19.7. The monoisotopic (exact) mass is 474 g/mol. The van der Waals surface area contributed by atoms with Gasteiger partial charge in [-0.1, -0.05) is 60.1 Å². The van der Waals surface area contributed by atoms with E-state index in [0.29, 0.717) is 12.4 Å².